The Bertz CT molecular complexity index is 940. The minimum absolute atomic E-state index is 0.178. The lowest BCUT2D eigenvalue weighted by atomic mass is 10.1. The van der Waals surface area contributed by atoms with Crippen molar-refractivity contribution in [3.05, 3.63) is 73.5 Å². The first-order valence-corrected chi connectivity index (χ1v) is 9.07. The molecule has 4 nitrogen and oxygen atoms in total. The molecule has 3 rings (SSSR count). The molecule has 25 heavy (non-hydrogen) atoms. The molecule has 0 bridgehead atoms. The predicted octanol–water partition coefficient (Wildman–Crippen LogP) is 5.60. The molecule has 0 atom stereocenters. The SMILES string of the molecule is O=C(Nc1ccc(-c2ccc(CO)o2)c(Cl)c1)c1cc(I)ccc1Cl. The summed E-state index contributed by atoms with van der Waals surface area (Å²) < 4.78 is 6.39. The average molecular weight is 488 g/mol. The topological polar surface area (TPSA) is 62.5 Å². The number of hydrogen-bond acceptors (Lipinski definition) is 3. The van der Waals surface area contributed by atoms with Crippen molar-refractivity contribution in [3.63, 3.8) is 0 Å². The van der Waals surface area contributed by atoms with E-state index >= 15 is 0 Å². The van der Waals surface area contributed by atoms with Crippen LogP contribution in [0.15, 0.2) is 52.9 Å². The minimum Gasteiger partial charge on any atom is -0.459 e. The summed E-state index contributed by atoms with van der Waals surface area (Å²) in [6.45, 7) is -0.178. The molecule has 1 aromatic heterocycles. The van der Waals surface area contributed by atoms with Crippen LogP contribution in [0.1, 0.15) is 16.1 Å². The van der Waals surface area contributed by atoms with Gasteiger partial charge in [0.2, 0.25) is 0 Å². The van der Waals surface area contributed by atoms with Gasteiger partial charge >= 0.3 is 0 Å². The summed E-state index contributed by atoms with van der Waals surface area (Å²) in [5.74, 6) is 0.692. The van der Waals surface area contributed by atoms with Crippen LogP contribution in [0.2, 0.25) is 10.0 Å². The predicted molar refractivity (Wildman–Crippen MR) is 107 cm³/mol. The fourth-order valence-electron chi connectivity index (χ4n) is 2.27. The molecule has 128 valence electrons. The van der Waals surface area contributed by atoms with Crippen LogP contribution < -0.4 is 5.32 Å². The molecule has 3 aromatic rings. The molecular formula is C18H12Cl2INO3. The number of rotatable bonds is 4. The molecule has 2 aromatic carbocycles. The Kier molecular flexibility index (Phi) is 5.68. The van der Waals surface area contributed by atoms with Crippen molar-refractivity contribution < 1.29 is 14.3 Å². The van der Waals surface area contributed by atoms with Crippen molar-refractivity contribution in [1.29, 1.82) is 0 Å². The van der Waals surface area contributed by atoms with Gasteiger partial charge in [-0.25, -0.2) is 0 Å². The third kappa shape index (κ3) is 4.17. The van der Waals surface area contributed by atoms with Crippen molar-refractivity contribution in [3.8, 4) is 11.3 Å². The van der Waals surface area contributed by atoms with Gasteiger partial charge in [-0.1, -0.05) is 23.2 Å². The number of aliphatic hydroxyl groups is 1. The monoisotopic (exact) mass is 487 g/mol. The number of benzene rings is 2. The van der Waals surface area contributed by atoms with E-state index in [0.29, 0.717) is 38.4 Å². The van der Waals surface area contributed by atoms with E-state index < -0.39 is 0 Å². The summed E-state index contributed by atoms with van der Waals surface area (Å²) in [5.41, 5.74) is 1.61. The van der Waals surface area contributed by atoms with Crippen LogP contribution in [0.3, 0.4) is 0 Å². The Labute approximate surface area is 167 Å². The van der Waals surface area contributed by atoms with Crippen molar-refractivity contribution in [2.24, 2.45) is 0 Å². The van der Waals surface area contributed by atoms with Gasteiger partial charge in [-0.2, -0.15) is 0 Å². The second-order valence-electron chi connectivity index (χ2n) is 5.20. The number of anilines is 1. The third-order valence-electron chi connectivity index (χ3n) is 3.48. The number of furan rings is 1. The quantitative estimate of drug-likeness (QED) is 0.470. The zero-order valence-corrected chi connectivity index (χ0v) is 16.4. The minimum atomic E-state index is -0.312. The molecule has 0 saturated heterocycles. The lowest BCUT2D eigenvalue weighted by Gasteiger charge is -2.09. The zero-order valence-electron chi connectivity index (χ0n) is 12.7. The molecule has 0 aliphatic carbocycles. The highest BCUT2D eigenvalue weighted by atomic mass is 127. The lowest BCUT2D eigenvalue weighted by Crippen LogP contribution is -2.12. The van der Waals surface area contributed by atoms with E-state index in [0.717, 1.165) is 3.57 Å². The Hall–Kier alpha value is -1.54. The zero-order chi connectivity index (χ0) is 18.0. The highest BCUT2D eigenvalue weighted by Gasteiger charge is 2.13. The maximum absolute atomic E-state index is 12.4. The van der Waals surface area contributed by atoms with Crippen LogP contribution in [-0.2, 0) is 6.61 Å². The highest BCUT2D eigenvalue weighted by molar-refractivity contribution is 14.1. The molecule has 0 fully saturated rings. The second kappa shape index (κ2) is 7.78. The number of halogens is 3. The Morgan fingerprint density at radius 2 is 1.88 bits per heavy atom. The van der Waals surface area contributed by atoms with Crippen molar-refractivity contribution in [2.45, 2.75) is 6.61 Å². The molecule has 1 heterocycles. The van der Waals surface area contributed by atoms with E-state index in [1.165, 1.54) is 0 Å². The maximum Gasteiger partial charge on any atom is 0.257 e. The summed E-state index contributed by atoms with van der Waals surface area (Å²) >= 11 is 14.5. The molecule has 0 aliphatic heterocycles. The Morgan fingerprint density at radius 3 is 2.56 bits per heavy atom. The number of aliphatic hydroxyl groups excluding tert-OH is 1. The molecule has 0 spiro atoms. The number of amides is 1. The van der Waals surface area contributed by atoms with E-state index in [1.54, 1.807) is 42.5 Å². The molecule has 0 unspecified atom stereocenters. The maximum atomic E-state index is 12.4. The van der Waals surface area contributed by atoms with Crippen molar-refractivity contribution in [2.75, 3.05) is 5.32 Å². The first-order valence-electron chi connectivity index (χ1n) is 7.24. The normalized spacial score (nSPS) is 10.7. The van der Waals surface area contributed by atoms with Crippen LogP contribution in [0, 0.1) is 3.57 Å². The Balaban J connectivity index is 1.83. The van der Waals surface area contributed by atoms with Gasteiger partial charge in [0.15, 0.2) is 0 Å². The van der Waals surface area contributed by atoms with Gasteiger partial charge in [0.1, 0.15) is 18.1 Å². The van der Waals surface area contributed by atoms with Gasteiger partial charge in [-0.3, -0.25) is 4.79 Å². The first kappa shape index (κ1) is 18.3. The van der Waals surface area contributed by atoms with Gasteiger partial charge in [-0.15, -0.1) is 0 Å². The largest absolute Gasteiger partial charge is 0.459 e. The van der Waals surface area contributed by atoms with Crippen molar-refractivity contribution >= 4 is 57.4 Å². The van der Waals surface area contributed by atoms with Crippen LogP contribution >= 0.6 is 45.8 Å². The molecule has 7 heteroatoms. The van der Waals surface area contributed by atoms with Gasteiger partial charge < -0.3 is 14.8 Å². The van der Waals surface area contributed by atoms with E-state index in [-0.39, 0.29) is 12.5 Å². The number of nitrogens with one attached hydrogen (secondary N) is 1. The molecular weight excluding hydrogens is 476 g/mol. The van der Waals surface area contributed by atoms with Crippen LogP contribution in [0.4, 0.5) is 5.69 Å². The number of carbonyl (C=O) groups excluding carboxylic acids is 1. The second-order valence-corrected chi connectivity index (χ2v) is 7.26. The fraction of sp³-hybridized carbons (Fsp3) is 0.0556. The van der Waals surface area contributed by atoms with Crippen molar-refractivity contribution in [1.82, 2.24) is 0 Å². The van der Waals surface area contributed by atoms with E-state index in [4.69, 9.17) is 32.7 Å². The first-order chi connectivity index (χ1) is 12.0. The lowest BCUT2D eigenvalue weighted by molar-refractivity contribution is 0.102. The van der Waals surface area contributed by atoms with Gasteiger partial charge in [0.05, 0.1) is 15.6 Å². The van der Waals surface area contributed by atoms with E-state index in [1.807, 2.05) is 6.07 Å². The van der Waals surface area contributed by atoms with E-state index in [9.17, 15) is 4.79 Å². The molecule has 0 aliphatic rings. The Morgan fingerprint density at radius 1 is 1.08 bits per heavy atom. The smallest absolute Gasteiger partial charge is 0.257 e. The summed E-state index contributed by atoms with van der Waals surface area (Å²) in [4.78, 5) is 12.4. The average Bonchev–Trinajstić information content (AvgIpc) is 3.06. The summed E-state index contributed by atoms with van der Waals surface area (Å²) in [6.07, 6.45) is 0. The molecule has 2 N–H and O–H groups in total. The standard InChI is InChI=1S/C18H12Cl2INO3/c19-15-5-1-10(21)7-14(15)18(24)22-11-2-4-13(16(20)8-11)17-6-3-12(9-23)25-17/h1-8,23H,9H2,(H,22,24). The van der Waals surface area contributed by atoms with Crippen LogP contribution in [0.25, 0.3) is 11.3 Å². The van der Waals surface area contributed by atoms with Gasteiger partial charge in [0, 0.05) is 14.8 Å². The summed E-state index contributed by atoms with van der Waals surface area (Å²) in [6, 6.07) is 13.7. The van der Waals surface area contributed by atoms with Crippen LogP contribution in [-0.4, -0.2) is 11.0 Å². The summed E-state index contributed by atoms with van der Waals surface area (Å²) in [5, 5.41) is 12.7. The van der Waals surface area contributed by atoms with Gasteiger partial charge in [-0.05, 0) is 71.1 Å². The highest BCUT2D eigenvalue weighted by Crippen LogP contribution is 2.32. The van der Waals surface area contributed by atoms with Gasteiger partial charge in [0.25, 0.3) is 5.91 Å². The fourth-order valence-corrected chi connectivity index (χ4v) is 3.24. The molecule has 1 amide bonds. The molecule has 0 radical (unpaired) electrons. The van der Waals surface area contributed by atoms with Crippen LogP contribution in [0.5, 0.6) is 0 Å². The number of carbonyl (C=O) groups is 1. The summed E-state index contributed by atoms with van der Waals surface area (Å²) in [7, 11) is 0. The molecule has 0 saturated carbocycles. The number of hydrogen-bond donors (Lipinski definition) is 2. The van der Waals surface area contributed by atoms with E-state index in [2.05, 4.69) is 27.9 Å². The third-order valence-corrected chi connectivity index (χ3v) is 4.80.